The Balaban J connectivity index is 3.37. The number of hydrogen-bond acceptors (Lipinski definition) is 2. The lowest BCUT2D eigenvalue weighted by molar-refractivity contribution is 0.577. The van der Waals surface area contributed by atoms with E-state index in [1.54, 1.807) is 0 Å². The molecule has 0 spiro atoms. The van der Waals surface area contributed by atoms with Crippen molar-refractivity contribution in [3.63, 3.8) is 0 Å². The van der Waals surface area contributed by atoms with E-state index in [9.17, 15) is 12.8 Å². The van der Waals surface area contributed by atoms with E-state index in [1.165, 1.54) is 39.4 Å². The molecular formula is C6H4FIO2S. The van der Waals surface area contributed by atoms with Crippen molar-refractivity contribution in [2.75, 3.05) is 0 Å². The molecule has 0 aliphatic carbocycles. The fraction of sp³-hybridized carbons (Fsp3) is 0. The average molecular weight is 286 g/mol. The molecule has 0 aliphatic rings. The molecule has 0 radical (unpaired) electrons. The minimum Gasteiger partial charge on any atom is -0.213 e. The van der Waals surface area contributed by atoms with E-state index >= 15 is 0 Å². The third kappa shape index (κ3) is 2.13. The molecule has 0 atom stereocenters. The second-order valence-electron chi connectivity index (χ2n) is 1.87. The molecular weight excluding hydrogens is 282 g/mol. The lowest BCUT2D eigenvalue weighted by atomic mass is 10.4. The highest BCUT2D eigenvalue weighted by Crippen LogP contribution is 2.19. The molecule has 1 rings (SSSR count). The van der Waals surface area contributed by atoms with Crippen LogP contribution in [-0.2, 0) is 7.01 Å². The van der Waals surface area contributed by atoms with Gasteiger partial charge in [-0.05, 0) is 12.1 Å². The van der Waals surface area contributed by atoms with E-state index in [-0.39, 0.29) is 4.90 Å². The van der Waals surface area contributed by atoms with E-state index in [2.05, 4.69) is 0 Å². The maximum absolute atomic E-state index is 12.7. The topological polar surface area (TPSA) is 34.1 Å². The van der Waals surface area contributed by atoms with Gasteiger partial charge < -0.3 is 0 Å². The molecule has 1 aromatic carbocycles. The summed E-state index contributed by atoms with van der Waals surface area (Å²) in [6.45, 7) is 0. The van der Waals surface area contributed by atoms with Crippen LogP contribution < -0.4 is 0 Å². The lowest BCUT2D eigenvalue weighted by Crippen LogP contribution is -1.92. The molecule has 2 nitrogen and oxygen atoms in total. The summed E-state index contributed by atoms with van der Waals surface area (Å²) in [5.74, 6) is -0.707. The van der Waals surface area contributed by atoms with Crippen LogP contribution in [0.25, 0.3) is 0 Å². The van der Waals surface area contributed by atoms with Crippen LogP contribution in [0.15, 0.2) is 29.2 Å². The highest BCUT2D eigenvalue weighted by Gasteiger charge is 2.13. The van der Waals surface area contributed by atoms with Crippen molar-refractivity contribution in [3.8, 4) is 0 Å². The Morgan fingerprint density at radius 1 is 1.27 bits per heavy atom. The first-order valence-electron chi connectivity index (χ1n) is 2.71. The van der Waals surface area contributed by atoms with Crippen LogP contribution in [0.5, 0.6) is 0 Å². The maximum atomic E-state index is 12.7. The first-order valence-corrected chi connectivity index (χ1v) is 6.73. The number of hydrogen-bond donors (Lipinski definition) is 0. The van der Waals surface area contributed by atoms with E-state index in [0.29, 0.717) is 0 Å². The fourth-order valence-electron chi connectivity index (χ4n) is 0.642. The van der Waals surface area contributed by atoms with Gasteiger partial charge in [0.05, 0.1) is 21.2 Å². The Kier molecular flexibility index (Phi) is 2.48. The molecule has 0 saturated heterocycles. The van der Waals surface area contributed by atoms with E-state index in [4.69, 9.17) is 0 Å². The van der Waals surface area contributed by atoms with Crippen LogP contribution in [0.3, 0.4) is 0 Å². The van der Waals surface area contributed by atoms with Crippen molar-refractivity contribution < 1.29 is 12.8 Å². The SMILES string of the molecule is O=S(=O)(I)c1ccccc1F. The second-order valence-corrected chi connectivity index (χ2v) is 6.66. The fourth-order valence-corrected chi connectivity index (χ4v) is 2.26. The van der Waals surface area contributed by atoms with Gasteiger partial charge in [0.1, 0.15) is 10.7 Å². The van der Waals surface area contributed by atoms with Gasteiger partial charge in [0, 0.05) is 0 Å². The standard InChI is InChI=1S/C6H4FIO2S/c7-5-3-1-2-4-6(5)11(8,9)10/h1-4H. The van der Waals surface area contributed by atoms with Crippen LogP contribution in [0.1, 0.15) is 0 Å². The molecule has 60 valence electrons. The number of benzene rings is 1. The quantitative estimate of drug-likeness (QED) is 0.584. The van der Waals surface area contributed by atoms with Crippen LogP contribution in [0.4, 0.5) is 4.39 Å². The van der Waals surface area contributed by atoms with Crippen molar-refractivity contribution in [3.05, 3.63) is 30.1 Å². The second kappa shape index (κ2) is 3.06. The Morgan fingerprint density at radius 3 is 2.18 bits per heavy atom. The van der Waals surface area contributed by atoms with E-state index in [0.717, 1.165) is 6.07 Å². The van der Waals surface area contributed by atoms with Crippen LogP contribution in [0.2, 0.25) is 0 Å². The molecule has 0 N–H and O–H groups in total. The molecule has 5 heteroatoms. The van der Waals surface area contributed by atoms with Gasteiger partial charge in [-0.3, -0.25) is 0 Å². The van der Waals surface area contributed by atoms with Gasteiger partial charge in [-0.25, -0.2) is 12.8 Å². The minimum atomic E-state index is -3.44. The minimum absolute atomic E-state index is 0.263. The maximum Gasteiger partial charge on any atom is 0.234 e. The summed E-state index contributed by atoms with van der Waals surface area (Å²) in [7, 11) is -3.44. The van der Waals surface area contributed by atoms with Gasteiger partial charge in [-0.15, -0.1) is 0 Å². The predicted molar refractivity (Wildman–Crippen MR) is 47.6 cm³/mol. The monoisotopic (exact) mass is 286 g/mol. The first kappa shape index (κ1) is 8.92. The molecule has 0 saturated carbocycles. The zero-order chi connectivity index (χ0) is 8.48. The van der Waals surface area contributed by atoms with Gasteiger partial charge in [0.25, 0.3) is 0 Å². The zero-order valence-electron chi connectivity index (χ0n) is 5.29. The molecule has 0 aromatic heterocycles. The summed E-state index contributed by atoms with van der Waals surface area (Å²) in [4.78, 5) is -0.263. The van der Waals surface area contributed by atoms with Gasteiger partial charge in [0.2, 0.25) is 7.01 Å². The van der Waals surface area contributed by atoms with E-state index < -0.39 is 12.8 Å². The highest BCUT2D eigenvalue weighted by atomic mass is 127. The molecule has 0 amide bonds. The lowest BCUT2D eigenvalue weighted by Gasteiger charge is -1.95. The zero-order valence-corrected chi connectivity index (χ0v) is 8.26. The Labute approximate surface area is 75.9 Å². The van der Waals surface area contributed by atoms with Crippen molar-refractivity contribution in [1.82, 2.24) is 0 Å². The number of rotatable bonds is 1. The van der Waals surface area contributed by atoms with Crippen molar-refractivity contribution in [2.45, 2.75) is 4.90 Å². The molecule has 0 fully saturated rings. The smallest absolute Gasteiger partial charge is 0.213 e. The summed E-state index contributed by atoms with van der Waals surface area (Å²) < 4.78 is 34.3. The van der Waals surface area contributed by atoms with Crippen molar-refractivity contribution in [1.29, 1.82) is 0 Å². The summed E-state index contributed by atoms with van der Waals surface area (Å²) in [6, 6.07) is 5.28. The predicted octanol–water partition coefficient (Wildman–Crippen LogP) is 1.95. The molecule has 0 bridgehead atoms. The Hall–Kier alpha value is -0.170. The molecule has 0 unspecified atom stereocenters. The summed E-state index contributed by atoms with van der Waals surface area (Å²) in [5, 5.41) is 0. The van der Waals surface area contributed by atoms with Gasteiger partial charge >= 0.3 is 0 Å². The largest absolute Gasteiger partial charge is 0.234 e. The van der Waals surface area contributed by atoms with Crippen molar-refractivity contribution >= 4 is 28.2 Å². The van der Waals surface area contributed by atoms with Gasteiger partial charge in [-0.1, -0.05) is 12.1 Å². The average Bonchev–Trinajstić information content (AvgIpc) is 1.86. The van der Waals surface area contributed by atoms with Gasteiger partial charge in [0.15, 0.2) is 0 Å². The third-order valence-corrected chi connectivity index (χ3v) is 3.38. The Morgan fingerprint density at radius 2 is 1.82 bits per heavy atom. The summed E-state index contributed by atoms with van der Waals surface area (Å²) in [5.41, 5.74) is 0. The van der Waals surface area contributed by atoms with Crippen LogP contribution in [-0.4, -0.2) is 8.42 Å². The van der Waals surface area contributed by atoms with E-state index in [1.807, 2.05) is 0 Å². The summed E-state index contributed by atoms with van der Waals surface area (Å²) in [6.07, 6.45) is 0. The first-order chi connectivity index (χ1) is 5.02. The summed E-state index contributed by atoms with van der Waals surface area (Å²) >= 11 is 1.20. The van der Waals surface area contributed by atoms with Crippen LogP contribution in [0, 0.1) is 5.82 Å². The van der Waals surface area contributed by atoms with Crippen LogP contribution >= 0.6 is 21.2 Å². The molecule has 0 heterocycles. The molecule has 11 heavy (non-hydrogen) atoms. The molecule has 0 aliphatic heterocycles. The normalized spacial score (nSPS) is 11.5. The Bertz CT molecular complexity index is 361. The number of halogens is 2. The molecule has 1 aromatic rings. The highest BCUT2D eigenvalue weighted by molar-refractivity contribution is 14.2. The van der Waals surface area contributed by atoms with Gasteiger partial charge in [-0.2, -0.15) is 0 Å². The third-order valence-electron chi connectivity index (χ3n) is 1.10. The van der Waals surface area contributed by atoms with Crippen molar-refractivity contribution in [2.24, 2.45) is 0 Å².